The fourth-order valence-electron chi connectivity index (χ4n) is 1.16. The molecule has 1 aromatic carbocycles. The molecule has 3 heteroatoms. The number of ketones is 1. The summed E-state index contributed by atoms with van der Waals surface area (Å²) in [6, 6.07) is 7.40. The van der Waals surface area contributed by atoms with E-state index in [1.165, 1.54) is 0 Å². The van der Waals surface area contributed by atoms with Crippen LogP contribution in [-0.4, -0.2) is 12.1 Å². The number of hydrogen-bond donors (Lipinski definition) is 0. The lowest BCUT2D eigenvalue weighted by Crippen LogP contribution is -2.00. The van der Waals surface area contributed by atoms with Crippen molar-refractivity contribution in [2.75, 3.05) is 0 Å². The van der Waals surface area contributed by atoms with Gasteiger partial charge in [0.25, 0.3) is 0 Å². The number of rotatable bonds is 5. The van der Waals surface area contributed by atoms with Gasteiger partial charge in [-0.1, -0.05) is 24.3 Å². The van der Waals surface area contributed by atoms with Crippen molar-refractivity contribution in [2.45, 2.75) is 19.3 Å². The van der Waals surface area contributed by atoms with Crippen molar-refractivity contribution in [3.8, 4) is 0 Å². The lowest BCUT2D eigenvalue weighted by Gasteiger charge is -1.99. The second-order valence-electron chi connectivity index (χ2n) is 3.10. The van der Waals surface area contributed by atoms with Gasteiger partial charge in [-0.05, 0) is 11.7 Å². The summed E-state index contributed by atoms with van der Waals surface area (Å²) >= 11 is 0. The van der Waals surface area contributed by atoms with Crippen LogP contribution in [0.4, 0.5) is 0 Å². The fourth-order valence-corrected chi connectivity index (χ4v) is 1.35. The Kier molecular flexibility index (Phi) is 4.48. The van der Waals surface area contributed by atoms with Gasteiger partial charge in [0.05, 0.1) is 0 Å². The molecule has 1 rings (SSSR count). The van der Waals surface area contributed by atoms with E-state index in [9.17, 15) is 9.59 Å². The van der Waals surface area contributed by atoms with Gasteiger partial charge in [0, 0.05) is 18.4 Å². The number of benzene rings is 1. The highest BCUT2D eigenvalue weighted by molar-refractivity contribution is 7.27. The van der Waals surface area contributed by atoms with E-state index in [0.717, 1.165) is 17.2 Å². The molecular weight excluding hydrogens is 195 g/mol. The first kappa shape index (κ1) is 11.1. The highest BCUT2D eigenvalue weighted by Gasteiger charge is 2.04. The Balaban J connectivity index is 2.52. The second-order valence-corrected chi connectivity index (χ2v) is 3.77. The third-order valence-electron chi connectivity index (χ3n) is 1.96. The molecular formula is C11H13O2P. The standard InChI is InChI=1S/C11H13O2P/c12-8-2-1-3-11(13)9-4-6-10(14)7-5-9/h4-8H,1-3,14H2. The molecule has 0 N–H and O–H groups in total. The summed E-state index contributed by atoms with van der Waals surface area (Å²) in [6.07, 6.45) is 2.41. The third-order valence-corrected chi connectivity index (χ3v) is 2.34. The summed E-state index contributed by atoms with van der Waals surface area (Å²) in [5.74, 6) is 0.108. The van der Waals surface area contributed by atoms with E-state index in [2.05, 4.69) is 9.24 Å². The Morgan fingerprint density at radius 2 is 1.93 bits per heavy atom. The zero-order valence-electron chi connectivity index (χ0n) is 7.90. The molecule has 0 heterocycles. The Hall–Kier alpha value is -1.01. The fraction of sp³-hybridized carbons (Fsp3) is 0.273. The van der Waals surface area contributed by atoms with Crippen molar-refractivity contribution in [2.24, 2.45) is 0 Å². The van der Waals surface area contributed by atoms with Gasteiger partial charge < -0.3 is 4.79 Å². The predicted molar refractivity (Wildman–Crippen MR) is 60.0 cm³/mol. The molecule has 0 saturated heterocycles. The first-order valence-electron chi connectivity index (χ1n) is 4.56. The van der Waals surface area contributed by atoms with Crippen LogP contribution in [0.3, 0.4) is 0 Å². The molecule has 1 atom stereocenters. The molecule has 0 spiro atoms. The number of unbranched alkanes of at least 4 members (excludes halogenated alkanes) is 1. The molecule has 0 aliphatic carbocycles. The maximum absolute atomic E-state index is 11.5. The van der Waals surface area contributed by atoms with Crippen molar-refractivity contribution in [1.82, 2.24) is 0 Å². The molecule has 2 nitrogen and oxygen atoms in total. The molecule has 1 unspecified atom stereocenters. The quantitative estimate of drug-likeness (QED) is 0.319. The van der Waals surface area contributed by atoms with E-state index in [-0.39, 0.29) is 5.78 Å². The molecule has 14 heavy (non-hydrogen) atoms. The largest absolute Gasteiger partial charge is 0.303 e. The van der Waals surface area contributed by atoms with E-state index in [1.807, 2.05) is 24.3 Å². The number of carbonyl (C=O) groups excluding carboxylic acids is 2. The summed E-state index contributed by atoms with van der Waals surface area (Å²) < 4.78 is 0. The number of carbonyl (C=O) groups is 2. The molecule has 74 valence electrons. The Bertz CT molecular complexity index is 317. The molecule has 0 aromatic heterocycles. The minimum Gasteiger partial charge on any atom is -0.303 e. The molecule has 0 saturated carbocycles. The van der Waals surface area contributed by atoms with Crippen LogP contribution in [0, 0.1) is 0 Å². The Labute approximate surface area is 85.9 Å². The average Bonchev–Trinajstić information content (AvgIpc) is 2.19. The van der Waals surface area contributed by atoms with Crippen LogP contribution >= 0.6 is 9.24 Å². The second kappa shape index (κ2) is 5.66. The smallest absolute Gasteiger partial charge is 0.162 e. The summed E-state index contributed by atoms with van der Waals surface area (Å²) in [4.78, 5) is 21.6. The topological polar surface area (TPSA) is 34.1 Å². The normalized spacial score (nSPS) is 9.79. The number of Topliss-reactive ketones (excluding diaryl/α,β-unsaturated/α-hetero) is 1. The van der Waals surface area contributed by atoms with Crippen LogP contribution in [-0.2, 0) is 4.79 Å². The van der Waals surface area contributed by atoms with Crippen LogP contribution in [0.2, 0.25) is 0 Å². The first-order chi connectivity index (χ1) is 6.74. The van der Waals surface area contributed by atoms with Crippen molar-refractivity contribution in [3.05, 3.63) is 29.8 Å². The summed E-state index contributed by atoms with van der Waals surface area (Å²) in [5.41, 5.74) is 0.724. The maximum atomic E-state index is 11.5. The van der Waals surface area contributed by atoms with E-state index in [1.54, 1.807) is 0 Å². The SMILES string of the molecule is O=CCCCC(=O)c1ccc(P)cc1. The van der Waals surface area contributed by atoms with Gasteiger partial charge in [-0.25, -0.2) is 0 Å². The zero-order valence-corrected chi connectivity index (χ0v) is 9.06. The van der Waals surface area contributed by atoms with Crippen molar-refractivity contribution >= 4 is 26.6 Å². The van der Waals surface area contributed by atoms with Gasteiger partial charge >= 0.3 is 0 Å². The molecule has 0 amide bonds. The van der Waals surface area contributed by atoms with Gasteiger partial charge in [0.15, 0.2) is 5.78 Å². The van der Waals surface area contributed by atoms with E-state index in [4.69, 9.17) is 0 Å². The van der Waals surface area contributed by atoms with Gasteiger partial charge in [-0.3, -0.25) is 4.79 Å². The van der Waals surface area contributed by atoms with Crippen LogP contribution in [0.1, 0.15) is 29.6 Å². The van der Waals surface area contributed by atoms with Crippen molar-refractivity contribution < 1.29 is 9.59 Å². The number of aldehydes is 1. The summed E-state index contributed by atoms with van der Waals surface area (Å²) in [6.45, 7) is 0. The first-order valence-corrected chi connectivity index (χ1v) is 5.14. The van der Waals surface area contributed by atoms with Crippen LogP contribution in [0.5, 0.6) is 0 Å². The van der Waals surface area contributed by atoms with Gasteiger partial charge in [0.1, 0.15) is 6.29 Å². The highest BCUT2D eigenvalue weighted by Crippen LogP contribution is 2.06. The van der Waals surface area contributed by atoms with Crippen molar-refractivity contribution in [1.29, 1.82) is 0 Å². The highest BCUT2D eigenvalue weighted by atomic mass is 31.0. The number of hydrogen-bond acceptors (Lipinski definition) is 2. The Morgan fingerprint density at radius 3 is 2.50 bits per heavy atom. The van der Waals surface area contributed by atoms with Gasteiger partial charge in [-0.2, -0.15) is 0 Å². The van der Waals surface area contributed by atoms with E-state index in [0.29, 0.717) is 19.3 Å². The molecule has 0 radical (unpaired) electrons. The van der Waals surface area contributed by atoms with Gasteiger partial charge in [0.2, 0.25) is 0 Å². The zero-order chi connectivity index (χ0) is 10.4. The van der Waals surface area contributed by atoms with Crippen molar-refractivity contribution in [3.63, 3.8) is 0 Å². The van der Waals surface area contributed by atoms with Crippen LogP contribution in [0.15, 0.2) is 24.3 Å². The molecule has 0 bridgehead atoms. The lowest BCUT2D eigenvalue weighted by atomic mass is 10.1. The minimum atomic E-state index is 0.108. The molecule has 0 aliphatic rings. The average molecular weight is 208 g/mol. The molecule has 0 fully saturated rings. The van der Waals surface area contributed by atoms with E-state index >= 15 is 0 Å². The van der Waals surface area contributed by atoms with Gasteiger partial charge in [-0.15, -0.1) is 9.24 Å². The monoisotopic (exact) mass is 208 g/mol. The summed E-state index contributed by atoms with van der Waals surface area (Å²) in [5, 5.41) is 1.06. The summed E-state index contributed by atoms with van der Waals surface area (Å²) in [7, 11) is 2.57. The minimum absolute atomic E-state index is 0.108. The Morgan fingerprint density at radius 1 is 1.29 bits per heavy atom. The lowest BCUT2D eigenvalue weighted by molar-refractivity contribution is -0.107. The predicted octanol–water partition coefficient (Wildman–Crippen LogP) is 1.74. The van der Waals surface area contributed by atoms with Crippen LogP contribution in [0.25, 0.3) is 0 Å². The molecule has 0 aliphatic heterocycles. The maximum Gasteiger partial charge on any atom is 0.162 e. The molecule has 1 aromatic rings. The third kappa shape index (κ3) is 3.39. The van der Waals surface area contributed by atoms with Crippen LogP contribution < -0.4 is 5.30 Å². The van der Waals surface area contributed by atoms with E-state index < -0.39 is 0 Å².